The van der Waals surface area contributed by atoms with Gasteiger partial charge in [0.1, 0.15) is 0 Å². The molecule has 0 bridgehead atoms. The van der Waals surface area contributed by atoms with Gasteiger partial charge in [0.15, 0.2) is 0 Å². The van der Waals surface area contributed by atoms with Gasteiger partial charge in [-0.2, -0.15) is 0 Å². The van der Waals surface area contributed by atoms with Crippen LogP contribution in [-0.2, 0) is 14.3 Å². The Hall–Kier alpha value is -1.32. The summed E-state index contributed by atoms with van der Waals surface area (Å²) in [6.07, 6.45) is 5.64. The van der Waals surface area contributed by atoms with Crippen LogP contribution >= 0.6 is 0 Å². The normalized spacial score (nSPS) is 16.3. The lowest BCUT2D eigenvalue weighted by molar-refractivity contribution is -0.139. The maximum absolute atomic E-state index is 11.7. The van der Waals surface area contributed by atoms with Crippen molar-refractivity contribution >= 4 is 11.9 Å². The van der Waals surface area contributed by atoms with Crippen molar-refractivity contribution in [3.8, 4) is 0 Å². The fraction of sp³-hybridized carbons (Fsp3) is 0.714. The minimum Gasteiger partial charge on any atom is -0.462 e. The topological polar surface area (TPSA) is 46.6 Å². The van der Waals surface area contributed by atoms with Gasteiger partial charge in [-0.3, -0.25) is 4.79 Å². The van der Waals surface area contributed by atoms with E-state index in [2.05, 4.69) is 6.58 Å². The van der Waals surface area contributed by atoms with Gasteiger partial charge >= 0.3 is 5.97 Å². The molecule has 0 saturated carbocycles. The highest BCUT2D eigenvalue weighted by atomic mass is 16.5. The largest absolute Gasteiger partial charge is 0.462 e. The van der Waals surface area contributed by atoms with Gasteiger partial charge in [-0.1, -0.05) is 13.0 Å². The number of carbonyl (C=O) groups is 2. The van der Waals surface area contributed by atoms with Crippen molar-refractivity contribution in [1.29, 1.82) is 0 Å². The summed E-state index contributed by atoms with van der Waals surface area (Å²) >= 11 is 0. The molecule has 0 aromatic carbocycles. The number of nitrogens with zero attached hydrogens (tertiary/aromatic N) is 1. The first-order chi connectivity index (χ1) is 8.61. The fourth-order valence-electron chi connectivity index (χ4n) is 1.97. The van der Waals surface area contributed by atoms with Crippen LogP contribution in [0.2, 0.25) is 0 Å². The quantitative estimate of drug-likeness (QED) is 0.414. The van der Waals surface area contributed by atoms with Gasteiger partial charge in [-0.25, -0.2) is 4.79 Å². The van der Waals surface area contributed by atoms with Crippen LogP contribution in [0.4, 0.5) is 0 Å². The number of amides is 1. The Morgan fingerprint density at radius 2 is 2.11 bits per heavy atom. The monoisotopic (exact) mass is 253 g/mol. The number of rotatable bonds is 6. The molecule has 0 aromatic rings. The van der Waals surface area contributed by atoms with Gasteiger partial charge in [0.25, 0.3) is 0 Å². The lowest BCUT2D eigenvalue weighted by Crippen LogP contribution is -2.31. The average molecular weight is 253 g/mol. The molecule has 0 aliphatic carbocycles. The second-order valence-electron chi connectivity index (χ2n) is 4.81. The number of likely N-dealkylation sites (tertiary alicyclic amines) is 1. The molecule has 0 spiro atoms. The van der Waals surface area contributed by atoms with E-state index in [1.165, 1.54) is 0 Å². The molecule has 0 aromatic heterocycles. The average Bonchev–Trinajstić information content (AvgIpc) is 2.53. The molecule has 1 aliphatic heterocycles. The molecular formula is C14H23NO3. The van der Waals surface area contributed by atoms with Gasteiger partial charge in [0, 0.05) is 25.1 Å². The van der Waals surface area contributed by atoms with Crippen LogP contribution in [0.15, 0.2) is 12.2 Å². The molecule has 4 nitrogen and oxygen atoms in total. The highest BCUT2D eigenvalue weighted by Crippen LogP contribution is 2.11. The van der Waals surface area contributed by atoms with Crippen LogP contribution < -0.4 is 0 Å². The molecule has 1 fully saturated rings. The Balaban J connectivity index is 2.11. The van der Waals surface area contributed by atoms with Crippen molar-refractivity contribution < 1.29 is 14.3 Å². The summed E-state index contributed by atoms with van der Waals surface area (Å²) in [6.45, 7) is 7.23. The zero-order valence-electron chi connectivity index (χ0n) is 11.2. The number of hydrogen-bond donors (Lipinski definition) is 0. The van der Waals surface area contributed by atoms with Crippen molar-refractivity contribution in [2.24, 2.45) is 0 Å². The molecule has 0 unspecified atom stereocenters. The maximum atomic E-state index is 11.7. The Morgan fingerprint density at radius 1 is 1.33 bits per heavy atom. The van der Waals surface area contributed by atoms with Gasteiger partial charge in [0.05, 0.1) is 6.61 Å². The Labute approximate surface area is 109 Å². The van der Waals surface area contributed by atoms with Gasteiger partial charge in [0.2, 0.25) is 5.91 Å². The molecule has 1 amide bonds. The molecule has 18 heavy (non-hydrogen) atoms. The zero-order valence-corrected chi connectivity index (χ0v) is 11.2. The molecule has 1 aliphatic rings. The van der Waals surface area contributed by atoms with Crippen molar-refractivity contribution in [3.63, 3.8) is 0 Å². The number of ether oxygens (including phenoxy) is 1. The predicted octanol–water partition coefficient (Wildman–Crippen LogP) is 2.29. The summed E-state index contributed by atoms with van der Waals surface area (Å²) < 4.78 is 5.00. The van der Waals surface area contributed by atoms with E-state index in [0.717, 1.165) is 45.2 Å². The maximum Gasteiger partial charge on any atom is 0.333 e. The second-order valence-corrected chi connectivity index (χ2v) is 4.81. The fourth-order valence-corrected chi connectivity index (χ4v) is 1.97. The third-order valence-electron chi connectivity index (χ3n) is 3.08. The Bertz CT molecular complexity index is 312. The molecule has 0 N–H and O–H groups in total. The number of carbonyl (C=O) groups excluding carboxylic acids is 2. The first-order valence-corrected chi connectivity index (χ1v) is 6.71. The first kappa shape index (κ1) is 14.7. The van der Waals surface area contributed by atoms with Crippen LogP contribution in [0.5, 0.6) is 0 Å². The van der Waals surface area contributed by atoms with E-state index >= 15 is 0 Å². The van der Waals surface area contributed by atoms with E-state index in [4.69, 9.17) is 4.74 Å². The highest BCUT2D eigenvalue weighted by molar-refractivity contribution is 5.86. The van der Waals surface area contributed by atoms with E-state index in [0.29, 0.717) is 18.6 Å². The van der Waals surface area contributed by atoms with E-state index < -0.39 is 0 Å². The second kappa shape index (κ2) is 7.90. The third kappa shape index (κ3) is 5.34. The van der Waals surface area contributed by atoms with E-state index in [1.54, 1.807) is 6.92 Å². The minimum absolute atomic E-state index is 0.270. The Kier molecular flexibility index (Phi) is 6.47. The summed E-state index contributed by atoms with van der Waals surface area (Å²) in [5.41, 5.74) is 0.428. The number of esters is 1. The lowest BCUT2D eigenvalue weighted by Gasteiger charge is -2.20. The predicted molar refractivity (Wildman–Crippen MR) is 70.1 cm³/mol. The van der Waals surface area contributed by atoms with E-state index in [9.17, 15) is 9.59 Å². The summed E-state index contributed by atoms with van der Waals surface area (Å²) in [5.74, 6) is -0.0627. The molecule has 1 saturated heterocycles. The first-order valence-electron chi connectivity index (χ1n) is 6.71. The standard InChI is InChI=1S/C14H23NO3/c1-12(2)14(17)18-11-7-6-10-15-9-5-3-4-8-13(15)16/h1,3-11H2,2H3. The number of unbranched alkanes of at least 4 members (excludes halogenated alkanes) is 1. The molecule has 1 heterocycles. The van der Waals surface area contributed by atoms with Crippen LogP contribution in [0.1, 0.15) is 45.4 Å². The van der Waals surface area contributed by atoms with E-state index in [1.807, 2.05) is 4.90 Å². The number of hydrogen-bond acceptors (Lipinski definition) is 3. The van der Waals surface area contributed by atoms with Crippen LogP contribution in [0.25, 0.3) is 0 Å². The highest BCUT2D eigenvalue weighted by Gasteiger charge is 2.15. The summed E-state index contributed by atoms with van der Waals surface area (Å²) in [7, 11) is 0. The van der Waals surface area contributed by atoms with Gasteiger partial charge in [-0.15, -0.1) is 0 Å². The van der Waals surface area contributed by atoms with Crippen LogP contribution in [0, 0.1) is 0 Å². The van der Waals surface area contributed by atoms with Crippen LogP contribution in [0.3, 0.4) is 0 Å². The summed E-state index contributed by atoms with van der Waals surface area (Å²) in [5, 5.41) is 0. The van der Waals surface area contributed by atoms with Gasteiger partial charge < -0.3 is 9.64 Å². The van der Waals surface area contributed by atoms with Crippen molar-refractivity contribution in [2.45, 2.75) is 45.4 Å². The minimum atomic E-state index is -0.333. The van der Waals surface area contributed by atoms with Crippen molar-refractivity contribution in [1.82, 2.24) is 4.90 Å². The summed E-state index contributed by atoms with van der Waals surface area (Å²) in [6, 6.07) is 0. The van der Waals surface area contributed by atoms with Crippen molar-refractivity contribution in [2.75, 3.05) is 19.7 Å². The van der Waals surface area contributed by atoms with E-state index in [-0.39, 0.29) is 11.9 Å². The zero-order chi connectivity index (χ0) is 13.4. The summed E-state index contributed by atoms with van der Waals surface area (Å²) in [4.78, 5) is 24.8. The lowest BCUT2D eigenvalue weighted by atomic mass is 10.2. The Morgan fingerprint density at radius 3 is 2.83 bits per heavy atom. The molecule has 4 heteroatoms. The molecule has 102 valence electrons. The SMILES string of the molecule is C=C(C)C(=O)OCCCCN1CCCCCC1=O. The van der Waals surface area contributed by atoms with Crippen molar-refractivity contribution in [3.05, 3.63) is 12.2 Å². The third-order valence-corrected chi connectivity index (χ3v) is 3.08. The smallest absolute Gasteiger partial charge is 0.333 e. The molecular weight excluding hydrogens is 230 g/mol. The molecule has 0 atom stereocenters. The molecule has 0 radical (unpaired) electrons. The van der Waals surface area contributed by atoms with Crippen LogP contribution in [-0.4, -0.2) is 36.5 Å². The molecule has 1 rings (SSSR count). The van der Waals surface area contributed by atoms with Gasteiger partial charge in [-0.05, 0) is 32.6 Å².